The number of hydrogen-bond acceptors (Lipinski definition) is 3. The van der Waals surface area contributed by atoms with Gasteiger partial charge in [-0.15, -0.1) is 0 Å². The van der Waals surface area contributed by atoms with Gasteiger partial charge in [0, 0.05) is 31.6 Å². The third-order valence-electron chi connectivity index (χ3n) is 5.21. The van der Waals surface area contributed by atoms with E-state index in [1.54, 1.807) is 0 Å². The first-order valence-corrected chi connectivity index (χ1v) is 9.54. The van der Waals surface area contributed by atoms with Crippen LogP contribution in [0.4, 0.5) is 8.78 Å². The summed E-state index contributed by atoms with van der Waals surface area (Å²) in [6.07, 6.45) is 6.28. The molecule has 2 aliphatic rings. The molecular weight excluding hydrogens is 310 g/mol. The largest absolute Gasteiger partial charge is 0.475 e. The van der Waals surface area contributed by atoms with E-state index < -0.39 is 13.0 Å². The minimum absolute atomic E-state index is 0.497. The summed E-state index contributed by atoms with van der Waals surface area (Å²) in [4.78, 5) is 7.07. The molecule has 5 heteroatoms. The molecular formula is C19H32F2N2O. The van der Waals surface area contributed by atoms with Gasteiger partial charge in [-0.25, -0.2) is 13.8 Å². The molecule has 2 aliphatic heterocycles. The van der Waals surface area contributed by atoms with Crippen molar-refractivity contribution in [3.8, 4) is 0 Å². The highest BCUT2D eigenvalue weighted by Crippen LogP contribution is 2.28. The molecule has 3 nitrogen and oxygen atoms in total. The first kappa shape index (κ1) is 19.4. The zero-order valence-electron chi connectivity index (χ0n) is 15.2. The Morgan fingerprint density at radius 1 is 1.08 bits per heavy atom. The number of alkyl halides is 2. The smallest absolute Gasteiger partial charge is 0.272 e. The number of rotatable bonds is 8. The first-order valence-electron chi connectivity index (χ1n) is 9.54. The molecule has 0 bridgehead atoms. The van der Waals surface area contributed by atoms with Crippen LogP contribution in [0.3, 0.4) is 0 Å². The average molecular weight is 342 g/mol. The van der Waals surface area contributed by atoms with E-state index in [0.717, 1.165) is 50.5 Å². The molecule has 0 saturated heterocycles. The maximum absolute atomic E-state index is 12.3. The molecule has 1 atom stereocenters. The zero-order chi connectivity index (χ0) is 17.4. The third kappa shape index (κ3) is 6.15. The predicted octanol–water partition coefficient (Wildman–Crippen LogP) is 5.03. The van der Waals surface area contributed by atoms with Crippen molar-refractivity contribution in [1.82, 2.24) is 4.90 Å². The summed E-state index contributed by atoms with van der Waals surface area (Å²) in [5.74, 6) is 1.34. The monoisotopic (exact) mass is 342 g/mol. The van der Waals surface area contributed by atoms with Gasteiger partial charge < -0.3 is 9.64 Å². The van der Waals surface area contributed by atoms with Gasteiger partial charge in [-0.1, -0.05) is 33.1 Å². The molecule has 0 amide bonds. The van der Waals surface area contributed by atoms with Crippen LogP contribution in [0.25, 0.3) is 0 Å². The Labute approximate surface area is 145 Å². The van der Waals surface area contributed by atoms with Crippen LogP contribution >= 0.6 is 0 Å². The molecule has 0 aromatic rings. The normalized spacial score (nSPS) is 20.6. The lowest BCUT2D eigenvalue weighted by molar-refractivity contribution is 0.0744. The van der Waals surface area contributed by atoms with Gasteiger partial charge in [-0.05, 0) is 37.3 Å². The second-order valence-corrected chi connectivity index (χ2v) is 6.95. The van der Waals surface area contributed by atoms with Gasteiger partial charge in [0.25, 0.3) is 6.43 Å². The van der Waals surface area contributed by atoms with Crippen molar-refractivity contribution in [3.05, 3.63) is 11.3 Å². The minimum atomic E-state index is -2.43. The fourth-order valence-corrected chi connectivity index (χ4v) is 3.67. The van der Waals surface area contributed by atoms with Crippen LogP contribution in [0, 0.1) is 5.92 Å². The van der Waals surface area contributed by atoms with E-state index in [4.69, 9.17) is 4.74 Å². The molecule has 24 heavy (non-hydrogen) atoms. The molecule has 0 aliphatic carbocycles. The molecule has 0 aromatic heterocycles. The van der Waals surface area contributed by atoms with E-state index in [2.05, 4.69) is 23.7 Å². The highest BCUT2D eigenvalue weighted by molar-refractivity contribution is 5.78. The number of ether oxygens (including phenoxy) is 1. The molecule has 0 spiro atoms. The summed E-state index contributed by atoms with van der Waals surface area (Å²) >= 11 is 0. The van der Waals surface area contributed by atoms with Crippen LogP contribution in [0.5, 0.6) is 0 Å². The van der Waals surface area contributed by atoms with E-state index in [1.165, 1.54) is 31.3 Å². The van der Waals surface area contributed by atoms with Crippen LogP contribution in [0.15, 0.2) is 16.3 Å². The topological polar surface area (TPSA) is 24.8 Å². The second-order valence-electron chi connectivity index (χ2n) is 6.95. The Bertz CT molecular complexity index is 449. The van der Waals surface area contributed by atoms with Gasteiger partial charge >= 0.3 is 0 Å². The maximum Gasteiger partial charge on any atom is 0.272 e. The SMILES string of the molecule is CCC[C@@H](CC)CCN1CCC2=C(CC1)N=C(OCC(F)F)CC2. The lowest BCUT2D eigenvalue weighted by Gasteiger charge is -2.23. The Balaban J connectivity index is 1.82. The first-order chi connectivity index (χ1) is 11.6. The Morgan fingerprint density at radius 3 is 2.58 bits per heavy atom. The Kier molecular flexibility index (Phi) is 8.16. The fraction of sp³-hybridized carbons (Fsp3) is 0.842. The molecule has 0 unspecified atom stereocenters. The maximum atomic E-state index is 12.3. The van der Waals surface area contributed by atoms with Crippen LogP contribution in [-0.4, -0.2) is 43.5 Å². The van der Waals surface area contributed by atoms with Crippen molar-refractivity contribution in [2.75, 3.05) is 26.2 Å². The summed E-state index contributed by atoms with van der Waals surface area (Å²) in [5.41, 5.74) is 2.50. The van der Waals surface area contributed by atoms with E-state index in [0.29, 0.717) is 12.3 Å². The lowest BCUT2D eigenvalue weighted by atomic mass is 9.97. The Hall–Kier alpha value is -0.970. The van der Waals surface area contributed by atoms with E-state index in [-0.39, 0.29) is 0 Å². The number of aliphatic imine (C=N–C) groups is 1. The molecule has 0 fully saturated rings. The van der Waals surface area contributed by atoms with Gasteiger partial charge in [0.1, 0.15) is 0 Å². The second kappa shape index (κ2) is 10.1. The van der Waals surface area contributed by atoms with Crippen molar-refractivity contribution >= 4 is 5.90 Å². The fourth-order valence-electron chi connectivity index (χ4n) is 3.67. The summed E-state index contributed by atoms with van der Waals surface area (Å²) < 4.78 is 29.7. The van der Waals surface area contributed by atoms with Gasteiger partial charge in [0.05, 0.1) is 0 Å². The van der Waals surface area contributed by atoms with Crippen molar-refractivity contribution < 1.29 is 13.5 Å². The van der Waals surface area contributed by atoms with E-state index >= 15 is 0 Å². The molecule has 0 radical (unpaired) electrons. The Morgan fingerprint density at radius 2 is 1.88 bits per heavy atom. The minimum Gasteiger partial charge on any atom is -0.475 e. The van der Waals surface area contributed by atoms with E-state index in [9.17, 15) is 8.78 Å². The summed E-state index contributed by atoms with van der Waals surface area (Å²) in [7, 11) is 0. The van der Waals surface area contributed by atoms with Crippen molar-refractivity contribution in [2.24, 2.45) is 10.9 Å². The quantitative estimate of drug-likeness (QED) is 0.618. The average Bonchev–Trinajstić information content (AvgIpc) is 2.78. The molecule has 0 aromatic carbocycles. The molecule has 0 N–H and O–H groups in total. The standard InChI is InChI=1S/C19H32F2N2O/c1-3-5-15(4-2)8-11-23-12-9-16-6-7-19(24-14-18(20)21)22-17(16)10-13-23/h15,18H,3-14H2,1-2H3/t15-/m1/s1. The third-order valence-corrected chi connectivity index (χ3v) is 5.21. The lowest BCUT2D eigenvalue weighted by Crippen LogP contribution is -2.27. The highest BCUT2D eigenvalue weighted by atomic mass is 19.3. The van der Waals surface area contributed by atoms with Gasteiger partial charge in [0.15, 0.2) is 12.5 Å². The zero-order valence-corrected chi connectivity index (χ0v) is 15.2. The van der Waals surface area contributed by atoms with Crippen LogP contribution in [-0.2, 0) is 4.74 Å². The molecule has 0 saturated carbocycles. The van der Waals surface area contributed by atoms with E-state index in [1.807, 2.05) is 0 Å². The summed E-state index contributed by atoms with van der Waals surface area (Å²) in [6, 6.07) is 0. The number of halogens is 2. The number of nitrogens with zero attached hydrogens (tertiary/aromatic N) is 2. The van der Waals surface area contributed by atoms with Crippen molar-refractivity contribution in [1.29, 1.82) is 0 Å². The summed E-state index contributed by atoms with van der Waals surface area (Å²) in [5, 5.41) is 0. The van der Waals surface area contributed by atoms with Gasteiger partial charge in [0.2, 0.25) is 0 Å². The van der Waals surface area contributed by atoms with Crippen LogP contribution in [0.2, 0.25) is 0 Å². The molecule has 2 rings (SSSR count). The van der Waals surface area contributed by atoms with Crippen molar-refractivity contribution in [2.45, 2.75) is 71.6 Å². The van der Waals surface area contributed by atoms with Gasteiger partial charge in [-0.2, -0.15) is 0 Å². The van der Waals surface area contributed by atoms with Crippen LogP contribution in [0.1, 0.15) is 65.2 Å². The van der Waals surface area contributed by atoms with Crippen LogP contribution < -0.4 is 0 Å². The molecule has 2 heterocycles. The van der Waals surface area contributed by atoms with Crippen molar-refractivity contribution in [3.63, 3.8) is 0 Å². The van der Waals surface area contributed by atoms with Gasteiger partial charge in [-0.3, -0.25) is 0 Å². The highest BCUT2D eigenvalue weighted by Gasteiger charge is 2.21. The number of hydrogen-bond donors (Lipinski definition) is 0. The summed E-state index contributed by atoms with van der Waals surface area (Å²) in [6.45, 7) is 7.30. The molecule has 138 valence electrons. The predicted molar refractivity (Wildman–Crippen MR) is 94.6 cm³/mol.